The SMILES string of the molecule is CC(OC(=O)C=Cc1ccc2ccccc2n1)C(=O)N1CCc2ccccc21. The fourth-order valence-electron chi connectivity index (χ4n) is 3.38. The van der Waals surface area contributed by atoms with Crippen LogP contribution in [0, 0.1) is 0 Å². The van der Waals surface area contributed by atoms with Crippen LogP contribution in [0.15, 0.2) is 66.7 Å². The minimum atomic E-state index is -0.854. The lowest BCUT2D eigenvalue weighted by molar-refractivity contribution is -0.149. The van der Waals surface area contributed by atoms with Crippen molar-refractivity contribution in [3.63, 3.8) is 0 Å². The van der Waals surface area contributed by atoms with Gasteiger partial charge in [-0.05, 0) is 43.2 Å². The third-order valence-electron chi connectivity index (χ3n) is 4.80. The van der Waals surface area contributed by atoms with Gasteiger partial charge in [-0.15, -0.1) is 0 Å². The minimum absolute atomic E-state index is 0.212. The Morgan fingerprint density at radius 2 is 1.86 bits per heavy atom. The van der Waals surface area contributed by atoms with Crippen molar-refractivity contribution < 1.29 is 14.3 Å². The van der Waals surface area contributed by atoms with E-state index in [4.69, 9.17) is 4.74 Å². The molecule has 2 heterocycles. The van der Waals surface area contributed by atoms with E-state index in [9.17, 15) is 9.59 Å². The van der Waals surface area contributed by atoms with Gasteiger partial charge in [0.25, 0.3) is 5.91 Å². The van der Waals surface area contributed by atoms with Gasteiger partial charge in [0, 0.05) is 23.7 Å². The van der Waals surface area contributed by atoms with E-state index in [0.29, 0.717) is 12.2 Å². The van der Waals surface area contributed by atoms with Crippen LogP contribution in [-0.4, -0.2) is 29.5 Å². The molecule has 1 aromatic heterocycles. The zero-order chi connectivity index (χ0) is 19.5. The molecule has 2 aromatic carbocycles. The van der Waals surface area contributed by atoms with Gasteiger partial charge in [-0.3, -0.25) is 4.79 Å². The van der Waals surface area contributed by atoms with Gasteiger partial charge in [-0.1, -0.05) is 42.5 Å². The predicted octanol–water partition coefficient (Wildman–Crippen LogP) is 3.77. The van der Waals surface area contributed by atoms with Crippen molar-refractivity contribution in [2.24, 2.45) is 0 Å². The standard InChI is InChI=1S/C23H20N2O3/c1-16(23(27)25-15-14-18-7-3-5-9-21(18)25)28-22(26)13-12-19-11-10-17-6-2-4-8-20(17)24-19/h2-13,16H,14-15H2,1H3. The highest BCUT2D eigenvalue weighted by Gasteiger charge is 2.29. The zero-order valence-corrected chi connectivity index (χ0v) is 15.5. The number of esters is 1. The molecule has 1 aliphatic rings. The van der Waals surface area contributed by atoms with E-state index < -0.39 is 12.1 Å². The monoisotopic (exact) mass is 372 g/mol. The number of aromatic nitrogens is 1. The summed E-state index contributed by atoms with van der Waals surface area (Å²) in [5.74, 6) is -0.779. The van der Waals surface area contributed by atoms with Crippen molar-refractivity contribution in [2.45, 2.75) is 19.4 Å². The molecule has 1 amide bonds. The van der Waals surface area contributed by atoms with Gasteiger partial charge in [0.2, 0.25) is 0 Å². The Hall–Kier alpha value is -3.47. The second kappa shape index (κ2) is 7.64. The van der Waals surface area contributed by atoms with E-state index in [-0.39, 0.29) is 5.91 Å². The molecule has 28 heavy (non-hydrogen) atoms. The number of benzene rings is 2. The minimum Gasteiger partial charge on any atom is -0.449 e. The van der Waals surface area contributed by atoms with Gasteiger partial charge >= 0.3 is 5.97 Å². The van der Waals surface area contributed by atoms with Crippen LogP contribution in [-0.2, 0) is 20.7 Å². The first-order valence-corrected chi connectivity index (χ1v) is 9.25. The fourth-order valence-corrected chi connectivity index (χ4v) is 3.38. The van der Waals surface area contributed by atoms with E-state index in [0.717, 1.165) is 28.6 Å². The number of ether oxygens (including phenoxy) is 1. The summed E-state index contributed by atoms with van der Waals surface area (Å²) in [6, 6.07) is 19.3. The van der Waals surface area contributed by atoms with Crippen LogP contribution in [0.4, 0.5) is 5.69 Å². The zero-order valence-electron chi connectivity index (χ0n) is 15.5. The van der Waals surface area contributed by atoms with Crippen molar-refractivity contribution in [3.8, 4) is 0 Å². The molecule has 0 fully saturated rings. The van der Waals surface area contributed by atoms with Crippen LogP contribution in [0.1, 0.15) is 18.2 Å². The summed E-state index contributed by atoms with van der Waals surface area (Å²) >= 11 is 0. The Labute approximate surface area is 163 Å². The molecular weight excluding hydrogens is 352 g/mol. The Bertz CT molecular complexity index is 1070. The normalized spacial score (nSPS) is 14.2. The number of amides is 1. The summed E-state index contributed by atoms with van der Waals surface area (Å²) in [6.45, 7) is 2.21. The maximum absolute atomic E-state index is 12.7. The quantitative estimate of drug-likeness (QED) is 0.517. The largest absolute Gasteiger partial charge is 0.449 e. The molecule has 1 aliphatic heterocycles. The van der Waals surface area contributed by atoms with E-state index >= 15 is 0 Å². The molecule has 1 atom stereocenters. The molecule has 1 unspecified atom stereocenters. The molecule has 0 saturated carbocycles. The van der Waals surface area contributed by atoms with Gasteiger partial charge in [-0.2, -0.15) is 0 Å². The first-order valence-electron chi connectivity index (χ1n) is 9.25. The lowest BCUT2D eigenvalue weighted by atomic mass is 10.2. The van der Waals surface area contributed by atoms with Crippen LogP contribution in [0.3, 0.4) is 0 Å². The van der Waals surface area contributed by atoms with Gasteiger partial charge < -0.3 is 9.64 Å². The Morgan fingerprint density at radius 3 is 2.75 bits per heavy atom. The lowest BCUT2D eigenvalue weighted by Gasteiger charge is -2.21. The molecule has 5 heteroatoms. The molecule has 0 N–H and O–H groups in total. The summed E-state index contributed by atoms with van der Waals surface area (Å²) in [6.07, 6.45) is 2.86. The smallest absolute Gasteiger partial charge is 0.331 e. The topological polar surface area (TPSA) is 59.5 Å². The van der Waals surface area contributed by atoms with E-state index in [1.54, 1.807) is 17.9 Å². The van der Waals surface area contributed by atoms with Crippen molar-refractivity contribution in [1.29, 1.82) is 0 Å². The number of anilines is 1. The average molecular weight is 372 g/mol. The molecule has 5 nitrogen and oxygen atoms in total. The molecule has 0 spiro atoms. The maximum Gasteiger partial charge on any atom is 0.331 e. The molecule has 4 rings (SSSR count). The average Bonchev–Trinajstić information content (AvgIpc) is 3.15. The number of para-hydroxylation sites is 2. The number of carbonyl (C=O) groups is 2. The number of rotatable bonds is 4. The highest BCUT2D eigenvalue weighted by molar-refractivity contribution is 6.00. The molecule has 0 saturated heterocycles. The van der Waals surface area contributed by atoms with E-state index in [2.05, 4.69) is 4.98 Å². The summed E-state index contributed by atoms with van der Waals surface area (Å²) < 4.78 is 5.30. The van der Waals surface area contributed by atoms with Crippen LogP contribution in [0.5, 0.6) is 0 Å². The molecule has 0 bridgehead atoms. The van der Waals surface area contributed by atoms with Crippen molar-refractivity contribution in [1.82, 2.24) is 4.98 Å². The highest BCUT2D eigenvalue weighted by Crippen LogP contribution is 2.28. The van der Waals surface area contributed by atoms with Crippen LogP contribution in [0.2, 0.25) is 0 Å². The summed E-state index contributed by atoms with van der Waals surface area (Å²) in [7, 11) is 0. The number of hydrogen-bond donors (Lipinski definition) is 0. The molecular formula is C23H20N2O3. The summed E-state index contributed by atoms with van der Waals surface area (Å²) in [4.78, 5) is 31.0. The third kappa shape index (κ3) is 3.64. The van der Waals surface area contributed by atoms with Gasteiger partial charge in [0.05, 0.1) is 11.2 Å². The first-order chi connectivity index (χ1) is 13.6. The van der Waals surface area contributed by atoms with Gasteiger partial charge in [0.15, 0.2) is 6.10 Å². The van der Waals surface area contributed by atoms with Gasteiger partial charge in [-0.25, -0.2) is 9.78 Å². The lowest BCUT2D eigenvalue weighted by Crippen LogP contribution is -2.38. The summed E-state index contributed by atoms with van der Waals surface area (Å²) in [5, 5.41) is 1.03. The Kier molecular flexibility index (Phi) is 4.89. The molecule has 0 aliphatic carbocycles. The highest BCUT2D eigenvalue weighted by atomic mass is 16.5. The van der Waals surface area contributed by atoms with Crippen LogP contribution in [0.25, 0.3) is 17.0 Å². The Morgan fingerprint density at radius 1 is 1.07 bits per heavy atom. The Balaban J connectivity index is 1.40. The number of fused-ring (bicyclic) bond motifs is 2. The number of nitrogens with zero attached hydrogens (tertiary/aromatic N) is 2. The van der Waals surface area contributed by atoms with E-state index in [1.807, 2.05) is 60.7 Å². The van der Waals surface area contributed by atoms with Crippen molar-refractivity contribution >= 4 is 34.5 Å². The predicted molar refractivity (Wildman–Crippen MR) is 109 cm³/mol. The first kappa shape index (κ1) is 17.9. The number of hydrogen-bond acceptors (Lipinski definition) is 4. The molecule has 3 aromatic rings. The second-order valence-electron chi connectivity index (χ2n) is 6.71. The number of carbonyl (C=O) groups excluding carboxylic acids is 2. The van der Waals surface area contributed by atoms with Gasteiger partial charge in [0.1, 0.15) is 0 Å². The fraction of sp³-hybridized carbons (Fsp3) is 0.174. The maximum atomic E-state index is 12.7. The van der Waals surface area contributed by atoms with E-state index in [1.165, 1.54) is 6.08 Å². The van der Waals surface area contributed by atoms with Crippen molar-refractivity contribution in [2.75, 3.05) is 11.4 Å². The summed E-state index contributed by atoms with van der Waals surface area (Å²) in [5.41, 5.74) is 3.54. The molecule has 140 valence electrons. The van der Waals surface area contributed by atoms with Crippen LogP contribution >= 0.6 is 0 Å². The van der Waals surface area contributed by atoms with Crippen molar-refractivity contribution in [3.05, 3.63) is 78.0 Å². The molecule has 0 radical (unpaired) electrons. The second-order valence-corrected chi connectivity index (χ2v) is 6.71. The third-order valence-corrected chi connectivity index (χ3v) is 4.80. The number of pyridine rings is 1. The van der Waals surface area contributed by atoms with Crippen LogP contribution < -0.4 is 4.90 Å².